The molecule has 1 unspecified atom stereocenters. The summed E-state index contributed by atoms with van der Waals surface area (Å²) in [5.74, 6) is 0. The van der Waals surface area contributed by atoms with Gasteiger partial charge in [-0.2, -0.15) is 0 Å². The van der Waals surface area contributed by atoms with E-state index in [9.17, 15) is 0 Å². The van der Waals surface area contributed by atoms with Gasteiger partial charge in [0, 0.05) is 17.1 Å². The molecule has 1 atom stereocenters. The Balaban J connectivity index is 2.75. The molecule has 1 aliphatic rings. The minimum atomic E-state index is 0.189. The van der Waals surface area contributed by atoms with Crippen LogP contribution in [0.25, 0.3) is 6.08 Å². The van der Waals surface area contributed by atoms with Crippen LogP contribution in [0.4, 0.5) is 0 Å². The van der Waals surface area contributed by atoms with Gasteiger partial charge in [0.05, 0.1) is 11.4 Å². The molecule has 1 aromatic rings. The van der Waals surface area contributed by atoms with Crippen LogP contribution in [0.1, 0.15) is 12.6 Å². The highest BCUT2D eigenvalue weighted by atomic mass is 14.9. The zero-order valence-corrected chi connectivity index (χ0v) is 7.73. The summed E-state index contributed by atoms with van der Waals surface area (Å²) < 4.78 is 0. The number of fused-ring (bicyclic) bond motifs is 1. The lowest BCUT2D eigenvalue weighted by Gasteiger charge is -1.93. The smallest absolute Gasteiger partial charge is 0.111 e. The van der Waals surface area contributed by atoms with E-state index in [-0.39, 0.29) is 6.04 Å². The van der Waals surface area contributed by atoms with E-state index in [4.69, 9.17) is 0 Å². The first kappa shape index (κ1) is 8.10. The van der Waals surface area contributed by atoms with Gasteiger partial charge in [0.15, 0.2) is 0 Å². The molecular formula is C10H11N3. The van der Waals surface area contributed by atoms with Crippen molar-refractivity contribution in [1.82, 2.24) is 4.98 Å². The standard InChI is InChI=1S/C10H11N3/c1-7-3-9-5-11-8(2)4-10(9)13-6-12-7/h3-7H,1-2H3. The second-order valence-corrected chi connectivity index (χ2v) is 3.19. The third-order valence-corrected chi connectivity index (χ3v) is 1.97. The highest BCUT2D eigenvalue weighted by molar-refractivity contribution is 5.58. The van der Waals surface area contributed by atoms with Crippen molar-refractivity contribution in [1.29, 1.82) is 0 Å². The van der Waals surface area contributed by atoms with E-state index in [1.54, 1.807) is 6.34 Å². The lowest BCUT2D eigenvalue weighted by atomic mass is 10.2. The molecule has 0 saturated heterocycles. The second-order valence-electron chi connectivity index (χ2n) is 3.19. The van der Waals surface area contributed by atoms with Crippen molar-refractivity contribution in [2.24, 2.45) is 9.98 Å². The second kappa shape index (κ2) is 3.09. The maximum atomic E-state index is 4.24. The molecule has 1 aromatic heterocycles. The summed E-state index contributed by atoms with van der Waals surface area (Å²) in [6, 6.07) is 2.16. The minimum Gasteiger partial charge on any atom is -0.266 e. The normalized spacial score (nSPS) is 19.7. The predicted octanol–water partition coefficient (Wildman–Crippen LogP) is 0.221. The van der Waals surface area contributed by atoms with Crippen LogP contribution in [0, 0.1) is 6.92 Å². The van der Waals surface area contributed by atoms with Crippen molar-refractivity contribution >= 4 is 12.4 Å². The van der Waals surface area contributed by atoms with E-state index in [0.717, 1.165) is 16.3 Å². The van der Waals surface area contributed by atoms with Gasteiger partial charge in [-0.1, -0.05) is 0 Å². The van der Waals surface area contributed by atoms with Gasteiger partial charge in [-0.3, -0.25) is 9.98 Å². The molecule has 0 radical (unpaired) electrons. The van der Waals surface area contributed by atoms with Crippen molar-refractivity contribution in [2.45, 2.75) is 19.9 Å². The molecule has 3 nitrogen and oxygen atoms in total. The molecule has 2 rings (SSSR count). The van der Waals surface area contributed by atoms with Gasteiger partial charge >= 0.3 is 0 Å². The lowest BCUT2D eigenvalue weighted by molar-refractivity contribution is 0.978. The zero-order valence-electron chi connectivity index (χ0n) is 7.73. The summed E-state index contributed by atoms with van der Waals surface area (Å²) in [7, 11) is 0. The number of aliphatic imine (C=N–C) groups is 1. The number of aryl methyl sites for hydroxylation is 1. The Labute approximate surface area is 76.6 Å². The highest BCUT2D eigenvalue weighted by Crippen LogP contribution is 1.91. The molecule has 0 amide bonds. The Hall–Kier alpha value is -1.51. The molecule has 0 aromatic carbocycles. The van der Waals surface area contributed by atoms with Gasteiger partial charge in [-0.15, -0.1) is 0 Å². The van der Waals surface area contributed by atoms with E-state index < -0.39 is 0 Å². The van der Waals surface area contributed by atoms with Gasteiger partial charge in [-0.05, 0) is 26.0 Å². The summed E-state index contributed by atoms with van der Waals surface area (Å²) in [4.78, 5) is 12.6. The quantitative estimate of drug-likeness (QED) is 0.553. The molecule has 0 bridgehead atoms. The molecular weight excluding hydrogens is 162 g/mol. The van der Waals surface area contributed by atoms with Crippen LogP contribution < -0.4 is 10.6 Å². The van der Waals surface area contributed by atoms with Gasteiger partial charge in [-0.25, -0.2) is 4.99 Å². The molecule has 1 aliphatic heterocycles. The Kier molecular flexibility index (Phi) is 1.93. The minimum absolute atomic E-state index is 0.189. The number of rotatable bonds is 0. The van der Waals surface area contributed by atoms with E-state index in [1.807, 2.05) is 26.1 Å². The first-order valence-corrected chi connectivity index (χ1v) is 4.30. The van der Waals surface area contributed by atoms with Gasteiger partial charge < -0.3 is 0 Å². The van der Waals surface area contributed by atoms with Crippen molar-refractivity contribution in [3.05, 3.63) is 28.5 Å². The summed E-state index contributed by atoms with van der Waals surface area (Å²) >= 11 is 0. The van der Waals surface area contributed by atoms with Gasteiger partial charge in [0.2, 0.25) is 0 Å². The van der Waals surface area contributed by atoms with Crippen molar-refractivity contribution in [2.75, 3.05) is 0 Å². The molecule has 0 fully saturated rings. The summed E-state index contributed by atoms with van der Waals surface area (Å²) in [6.45, 7) is 3.99. The molecule has 2 heterocycles. The maximum absolute atomic E-state index is 4.24. The van der Waals surface area contributed by atoms with Crippen LogP contribution >= 0.6 is 0 Å². The predicted molar refractivity (Wildman–Crippen MR) is 52.2 cm³/mol. The third kappa shape index (κ3) is 1.64. The molecule has 66 valence electrons. The topological polar surface area (TPSA) is 37.6 Å². The van der Waals surface area contributed by atoms with Crippen molar-refractivity contribution in [3.8, 4) is 0 Å². The number of nitrogens with zero attached hydrogens (tertiary/aromatic N) is 3. The average Bonchev–Trinajstić information content (AvgIpc) is 2.25. The fourth-order valence-corrected chi connectivity index (χ4v) is 1.30. The van der Waals surface area contributed by atoms with Gasteiger partial charge in [0.25, 0.3) is 0 Å². The van der Waals surface area contributed by atoms with Crippen LogP contribution in [0.2, 0.25) is 0 Å². The summed E-state index contributed by atoms with van der Waals surface area (Å²) in [5, 5.41) is 2.02. The van der Waals surface area contributed by atoms with E-state index in [2.05, 4.69) is 21.0 Å². The summed E-state index contributed by atoms with van der Waals surface area (Å²) in [5.41, 5.74) is 0.985. The van der Waals surface area contributed by atoms with Crippen LogP contribution in [0.5, 0.6) is 0 Å². The Morgan fingerprint density at radius 3 is 3.08 bits per heavy atom. The molecule has 0 saturated carbocycles. The SMILES string of the molecule is Cc1cc2c(cn1)=CC(C)N=CN=2. The Morgan fingerprint density at radius 2 is 2.23 bits per heavy atom. The van der Waals surface area contributed by atoms with Crippen LogP contribution in [0.15, 0.2) is 22.2 Å². The molecule has 0 N–H and O–H groups in total. The Bertz CT molecular complexity index is 460. The Morgan fingerprint density at radius 1 is 1.38 bits per heavy atom. The number of pyridine rings is 1. The third-order valence-electron chi connectivity index (χ3n) is 1.97. The van der Waals surface area contributed by atoms with Crippen LogP contribution in [-0.2, 0) is 0 Å². The van der Waals surface area contributed by atoms with Crippen molar-refractivity contribution in [3.63, 3.8) is 0 Å². The van der Waals surface area contributed by atoms with Crippen molar-refractivity contribution < 1.29 is 0 Å². The molecule has 13 heavy (non-hydrogen) atoms. The number of hydrogen-bond acceptors (Lipinski definition) is 3. The zero-order chi connectivity index (χ0) is 9.26. The molecule has 0 spiro atoms. The van der Waals surface area contributed by atoms with Crippen LogP contribution in [0.3, 0.4) is 0 Å². The average molecular weight is 173 g/mol. The molecule has 0 aliphatic carbocycles. The first-order valence-electron chi connectivity index (χ1n) is 4.30. The van der Waals surface area contributed by atoms with Gasteiger partial charge in [0.1, 0.15) is 6.34 Å². The van der Waals surface area contributed by atoms with E-state index >= 15 is 0 Å². The highest BCUT2D eigenvalue weighted by Gasteiger charge is 1.97. The lowest BCUT2D eigenvalue weighted by Crippen LogP contribution is -2.26. The fraction of sp³-hybridized carbons (Fsp3) is 0.300. The molecule has 3 heteroatoms. The largest absolute Gasteiger partial charge is 0.266 e. The fourth-order valence-electron chi connectivity index (χ4n) is 1.30. The maximum Gasteiger partial charge on any atom is 0.111 e. The van der Waals surface area contributed by atoms with E-state index in [0.29, 0.717) is 0 Å². The first-order chi connectivity index (χ1) is 6.25. The van der Waals surface area contributed by atoms with Crippen LogP contribution in [-0.4, -0.2) is 17.4 Å². The number of hydrogen-bond donors (Lipinski definition) is 0. The number of aromatic nitrogens is 1. The van der Waals surface area contributed by atoms with E-state index in [1.165, 1.54) is 0 Å². The summed E-state index contributed by atoms with van der Waals surface area (Å²) in [6.07, 6.45) is 5.53. The monoisotopic (exact) mass is 173 g/mol.